The number of carbonyl (C=O) groups is 1. The molecule has 1 aliphatic rings. The van der Waals surface area contributed by atoms with Gasteiger partial charge in [-0.15, -0.1) is 0 Å². The fourth-order valence-electron chi connectivity index (χ4n) is 2.36. The molecule has 0 spiro atoms. The van der Waals surface area contributed by atoms with Crippen LogP contribution in [0.2, 0.25) is 0 Å². The highest BCUT2D eigenvalue weighted by atomic mass is 79.9. The van der Waals surface area contributed by atoms with Gasteiger partial charge in [-0.25, -0.2) is 0 Å². The lowest BCUT2D eigenvalue weighted by Gasteiger charge is -2.26. The average Bonchev–Trinajstić information content (AvgIpc) is 2.40. The van der Waals surface area contributed by atoms with Crippen LogP contribution in [-0.4, -0.2) is 29.8 Å². The number of benzene rings is 1. The SMILES string of the molecule is Cc1ccc(OCC(=O)NC2CCC(O)CC2)c(Br)c1. The summed E-state index contributed by atoms with van der Waals surface area (Å²) in [7, 11) is 0. The van der Waals surface area contributed by atoms with Crippen LogP contribution in [0.15, 0.2) is 22.7 Å². The van der Waals surface area contributed by atoms with Crippen LogP contribution in [0.3, 0.4) is 0 Å². The molecule has 4 nitrogen and oxygen atoms in total. The van der Waals surface area contributed by atoms with Crippen LogP contribution < -0.4 is 10.1 Å². The Labute approximate surface area is 127 Å². The summed E-state index contributed by atoms with van der Waals surface area (Å²) in [6.45, 7) is 2.01. The van der Waals surface area contributed by atoms with Gasteiger partial charge in [-0.1, -0.05) is 6.07 Å². The number of hydrogen-bond acceptors (Lipinski definition) is 3. The Morgan fingerprint density at radius 1 is 1.40 bits per heavy atom. The van der Waals surface area contributed by atoms with Crippen molar-refractivity contribution >= 4 is 21.8 Å². The summed E-state index contributed by atoms with van der Waals surface area (Å²) in [6.07, 6.45) is 2.98. The first-order valence-electron chi connectivity index (χ1n) is 6.91. The maximum absolute atomic E-state index is 11.8. The molecule has 2 rings (SSSR count). The molecule has 2 N–H and O–H groups in total. The lowest BCUT2D eigenvalue weighted by atomic mass is 9.93. The fraction of sp³-hybridized carbons (Fsp3) is 0.533. The topological polar surface area (TPSA) is 58.6 Å². The van der Waals surface area contributed by atoms with E-state index in [-0.39, 0.29) is 24.7 Å². The van der Waals surface area contributed by atoms with Gasteiger partial charge in [0.15, 0.2) is 6.61 Å². The van der Waals surface area contributed by atoms with E-state index in [1.54, 1.807) is 0 Å². The second-order valence-corrected chi connectivity index (χ2v) is 6.15. The van der Waals surface area contributed by atoms with Crippen LogP contribution in [0.5, 0.6) is 5.75 Å². The molecule has 110 valence electrons. The number of nitrogens with one attached hydrogen (secondary N) is 1. The Morgan fingerprint density at radius 3 is 2.75 bits per heavy atom. The molecule has 1 saturated carbocycles. The molecule has 0 aromatic heterocycles. The molecule has 0 radical (unpaired) electrons. The van der Waals surface area contributed by atoms with Crippen molar-refractivity contribution < 1.29 is 14.6 Å². The first-order chi connectivity index (χ1) is 9.54. The molecule has 0 saturated heterocycles. The zero-order valence-electron chi connectivity index (χ0n) is 11.6. The lowest BCUT2D eigenvalue weighted by Crippen LogP contribution is -2.40. The first kappa shape index (κ1) is 15.3. The van der Waals surface area contributed by atoms with Crippen LogP contribution in [0.4, 0.5) is 0 Å². The molecule has 20 heavy (non-hydrogen) atoms. The summed E-state index contributed by atoms with van der Waals surface area (Å²) in [5.41, 5.74) is 1.13. The van der Waals surface area contributed by atoms with E-state index in [1.165, 1.54) is 0 Å². The summed E-state index contributed by atoms with van der Waals surface area (Å²) in [5, 5.41) is 12.4. The minimum absolute atomic E-state index is 0.0146. The molecule has 1 aromatic rings. The number of ether oxygens (including phenoxy) is 1. The van der Waals surface area contributed by atoms with Crippen molar-refractivity contribution in [2.75, 3.05) is 6.61 Å². The van der Waals surface area contributed by atoms with Gasteiger partial charge in [0.2, 0.25) is 0 Å². The molecule has 1 fully saturated rings. The maximum atomic E-state index is 11.8. The third-order valence-corrected chi connectivity index (χ3v) is 4.13. The van der Waals surface area contributed by atoms with E-state index in [0.717, 1.165) is 35.7 Å². The van der Waals surface area contributed by atoms with Gasteiger partial charge < -0.3 is 15.2 Å². The average molecular weight is 342 g/mol. The molecular weight excluding hydrogens is 322 g/mol. The maximum Gasteiger partial charge on any atom is 0.258 e. The van der Waals surface area contributed by atoms with E-state index in [1.807, 2.05) is 25.1 Å². The van der Waals surface area contributed by atoms with Gasteiger partial charge in [-0.05, 0) is 66.2 Å². The number of carbonyl (C=O) groups excluding carboxylic acids is 1. The number of hydrogen-bond donors (Lipinski definition) is 2. The minimum atomic E-state index is -0.206. The van der Waals surface area contributed by atoms with Crippen molar-refractivity contribution in [2.45, 2.75) is 44.8 Å². The zero-order chi connectivity index (χ0) is 14.5. The Morgan fingerprint density at radius 2 is 2.10 bits per heavy atom. The predicted octanol–water partition coefficient (Wildman–Crippen LogP) is 2.56. The highest BCUT2D eigenvalue weighted by molar-refractivity contribution is 9.10. The summed E-state index contributed by atoms with van der Waals surface area (Å²) in [5.74, 6) is 0.559. The Balaban J connectivity index is 1.77. The summed E-state index contributed by atoms with van der Waals surface area (Å²) in [6, 6.07) is 5.91. The van der Waals surface area contributed by atoms with E-state index in [9.17, 15) is 9.90 Å². The fourth-order valence-corrected chi connectivity index (χ4v) is 2.96. The number of aryl methyl sites for hydroxylation is 1. The van der Waals surface area contributed by atoms with Crippen molar-refractivity contribution in [3.8, 4) is 5.75 Å². The molecule has 5 heteroatoms. The van der Waals surface area contributed by atoms with Crippen LogP contribution >= 0.6 is 15.9 Å². The molecule has 0 aliphatic heterocycles. The van der Waals surface area contributed by atoms with Crippen LogP contribution in [0.1, 0.15) is 31.2 Å². The van der Waals surface area contributed by atoms with Crippen molar-refractivity contribution in [1.82, 2.24) is 5.32 Å². The molecule has 0 bridgehead atoms. The quantitative estimate of drug-likeness (QED) is 0.884. The first-order valence-corrected chi connectivity index (χ1v) is 7.70. The number of aliphatic hydroxyl groups excluding tert-OH is 1. The van der Waals surface area contributed by atoms with Gasteiger partial charge in [-0.3, -0.25) is 4.79 Å². The van der Waals surface area contributed by atoms with Gasteiger partial charge in [-0.2, -0.15) is 0 Å². The molecular formula is C15H20BrNO3. The van der Waals surface area contributed by atoms with Crippen molar-refractivity contribution in [3.63, 3.8) is 0 Å². The largest absolute Gasteiger partial charge is 0.483 e. The number of rotatable bonds is 4. The highest BCUT2D eigenvalue weighted by Crippen LogP contribution is 2.25. The smallest absolute Gasteiger partial charge is 0.258 e. The van der Waals surface area contributed by atoms with Gasteiger partial charge in [0.25, 0.3) is 5.91 Å². The van der Waals surface area contributed by atoms with Crippen LogP contribution in [0, 0.1) is 6.92 Å². The number of halogens is 1. The monoisotopic (exact) mass is 341 g/mol. The van der Waals surface area contributed by atoms with Crippen LogP contribution in [0.25, 0.3) is 0 Å². The van der Waals surface area contributed by atoms with E-state index in [2.05, 4.69) is 21.2 Å². The second kappa shape index (κ2) is 7.09. The van der Waals surface area contributed by atoms with Gasteiger partial charge in [0.1, 0.15) is 5.75 Å². The number of amides is 1. The van der Waals surface area contributed by atoms with E-state index in [0.29, 0.717) is 5.75 Å². The Hall–Kier alpha value is -1.07. The Kier molecular flexibility index (Phi) is 5.43. The van der Waals surface area contributed by atoms with E-state index in [4.69, 9.17) is 4.74 Å². The molecule has 1 aliphatic carbocycles. The van der Waals surface area contributed by atoms with Gasteiger partial charge in [0.05, 0.1) is 10.6 Å². The van der Waals surface area contributed by atoms with E-state index < -0.39 is 0 Å². The molecule has 0 heterocycles. The van der Waals surface area contributed by atoms with Crippen molar-refractivity contribution in [2.24, 2.45) is 0 Å². The zero-order valence-corrected chi connectivity index (χ0v) is 13.1. The predicted molar refractivity (Wildman–Crippen MR) is 80.8 cm³/mol. The standard InChI is InChI=1S/C15H20BrNO3/c1-10-2-7-14(13(16)8-10)20-9-15(19)17-11-3-5-12(18)6-4-11/h2,7-8,11-12,18H,3-6,9H2,1H3,(H,17,19). The van der Waals surface area contributed by atoms with Gasteiger partial charge in [0, 0.05) is 6.04 Å². The van der Waals surface area contributed by atoms with Crippen LogP contribution in [-0.2, 0) is 4.79 Å². The molecule has 0 unspecified atom stereocenters. The highest BCUT2D eigenvalue weighted by Gasteiger charge is 2.20. The second-order valence-electron chi connectivity index (χ2n) is 5.30. The minimum Gasteiger partial charge on any atom is -0.483 e. The lowest BCUT2D eigenvalue weighted by molar-refractivity contribution is -0.124. The summed E-state index contributed by atoms with van der Waals surface area (Å²) >= 11 is 3.42. The molecule has 0 atom stereocenters. The van der Waals surface area contributed by atoms with Crippen molar-refractivity contribution in [1.29, 1.82) is 0 Å². The Bertz CT molecular complexity index is 470. The van der Waals surface area contributed by atoms with Gasteiger partial charge >= 0.3 is 0 Å². The summed E-state index contributed by atoms with van der Waals surface area (Å²) in [4.78, 5) is 11.8. The van der Waals surface area contributed by atoms with Crippen molar-refractivity contribution in [3.05, 3.63) is 28.2 Å². The third kappa shape index (κ3) is 4.49. The van der Waals surface area contributed by atoms with E-state index >= 15 is 0 Å². The summed E-state index contributed by atoms with van der Waals surface area (Å²) < 4.78 is 6.36. The normalized spacial score (nSPS) is 22.4. The molecule has 1 amide bonds. The number of aliphatic hydroxyl groups is 1. The molecule has 1 aromatic carbocycles. The third-order valence-electron chi connectivity index (χ3n) is 3.51.